The maximum Gasteiger partial charge on any atom is 0.123 e. The van der Waals surface area contributed by atoms with Crippen LogP contribution in [0.4, 0.5) is 0 Å². The summed E-state index contributed by atoms with van der Waals surface area (Å²) in [5.74, 6) is 1.18. The van der Waals surface area contributed by atoms with Gasteiger partial charge >= 0.3 is 0 Å². The number of aryl methyl sites for hydroxylation is 1. The molecule has 0 spiro atoms. The SMILES string of the molecule is Cc1c(CN(C)Cc2nccn2C2CC2)[nH]c2ccccc12. The van der Waals surface area contributed by atoms with Crippen molar-refractivity contribution in [2.24, 2.45) is 0 Å². The van der Waals surface area contributed by atoms with Crippen LogP contribution in [0.25, 0.3) is 10.9 Å². The molecule has 0 atom stereocenters. The number of fused-ring (bicyclic) bond motifs is 1. The van der Waals surface area contributed by atoms with Crippen molar-refractivity contribution in [3.05, 3.63) is 53.7 Å². The van der Waals surface area contributed by atoms with Gasteiger partial charge in [0.1, 0.15) is 5.82 Å². The topological polar surface area (TPSA) is 36.9 Å². The molecule has 1 aliphatic rings. The number of nitrogens with zero attached hydrogens (tertiary/aromatic N) is 3. The molecule has 0 saturated heterocycles. The number of aromatic nitrogens is 3. The van der Waals surface area contributed by atoms with Crippen LogP contribution >= 0.6 is 0 Å². The van der Waals surface area contributed by atoms with Gasteiger partial charge in [0.25, 0.3) is 0 Å². The molecule has 114 valence electrons. The number of hydrogen-bond donors (Lipinski definition) is 1. The number of H-pyrrole nitrogens is 1. The largest absolute Gasteiger partial charge is 0.357 e. The predicted molar refractivity (Wildman–Crippen MR) is 88.7 cm³/mol. The van der Waals surface area contributed by atoms with Gasteiger partial charge in [0.2, 0.25) is 0 Å². The van der Waals surface area contributed by atoms with Crippen molar-refractivity contribution in [1.29, 1.82) is 0 Å². The molecule has 0 amide bonds. The van der Waals surface area contributed by atoms with E-state index in [1.807, 2.05) is 6.20 Å². The number of aromatic amines is 1. The molecule has 1 aliphatic carbocycles. The number of rotatable bonds is 5. The lowest BCUT2D eigenvalue weighted by atomic mass is 10.1. The normalized spacial score (nSPS) is 15.0. The number of hydrogen-bond acceptors (Lipinski definition) is 2. The Kier molecular flexibility index (Phi) is 3.26. The number of para-hydroxylation sites is 1. The summed E-state index contributed by atoms with van der Waals surface area (Å²) in [5, 5.41) is 1.32. The van der Waals surface area contributed by atoms with Gasteiger partial charge in [-0.25, -0.2) is 4.98 Å². The number of benzene rings is 1. The van der Waals surface area contributed by atoms with Crippen molar-refractivity contribution in [3.63, 3.8) is 0 Å². The summed E-state index contributed by atoms with van der Waals surface area (Å²) in [6.07, 6.45) is 6.65. The molecule has 1 saturated carbocycles. The van der Waals surface area contributed by atoms with E-state index >= 15 is 0 Å². The summed E-state index contributed by atoms with van der Waals surface area (Å²) < 4.78 is 2.34. The average Bonchev–Trinajstić information content (AvgIpc) is 3.18. The smallest absolute Gasteiger partial charge is 0.123 e. The fraction of sp³-hybridized carbons (Fsp3) is 0.389. The quantitative estimate of drug-likeness (QED) is 0.780. The molecule has 4 heteroatoms. The minimum Gasteiger partial charge on any atom is -0.357 e. The van der Waals surface area contributed by atoms with E-state index in [4.69, 9.17) is 0 Å². The third-order valence-corrected chi connectivity index (χ3v) is 4.60. The molecule has 0 radical (unpaired) electrons. The first-order valence-electron chi connectivity index (χ1n) is 7.99. The Morgan fingerprint density at radius 1 is 1.27 bits per heavy atom. The molecule has 1 N–H and O–H groups in total. The first-order chi connectivity index (χ1) is 10.7. The maximum absolute atomic E-state index is 4.54. The molecule has 4 rings (SSSR count). The van der Waals surface area contributed by atoms with E-state index in [9.17, 15) is 0 Å². The predicted octanol–water partition coefficient (Wildman–Crippen LogP) is 3.64. The van der Waals surface area contributed by atoms with E-state index in [1.54, 1.807) is 0 Å². The lowest BCUT2D eigenvalue weighted by Crippen LogP contribution is -2.20. The highest BCUT2D eigenvalue weighted by molar-refractivity contribution is 5.84. The Balaban J connectivity index is 1.52. The van der Waals surface area contributed by atoms with E-state index in [0.29, 0.717) is 6.04 Å². The van der Waals surface area contributed by atoms with Gasteiger partial charge in [-0.2, -0.15) is 0 Å². The van der Waals surface area contributed by atoms with Crippen molar-refractivity contribution >= 4 is 10.9 Å². The molecule has 0 aliphatic heterocycles. The van der Waals surface area contributed by atoms with Crippen molar-refractivity contribution in [1.82, 2.24) is 19.4 Å². The molecule has 0 unspecified atom stereocenters. The second kappa shape index (κ2) is 5.29. The number of imidazole rings is 1. The molecule has 1 aromatic carbocycles. The Bertz CT molecular complexity index is 794. The van der Waals surface area contributed by atoms with Gasteiger partial charge in [0.15, 0.2) is 0 Å². The Morgan fingerprint density at radius 3 is 2.86 bits per heavy atom. The van der Waals surface area contributed by atoms with Crippen LogP contribution in [0.15, 0.2) is 36.7 Å². The highest BCUT2D eigenvalue weighted by atomic mass is 15.2. The third kappa shape index (κ3) is 2.44. The standard InChI is InChI=1S/C18H22N4/c1-13-15-5-3-4-6-16(15)20-17(13)11-21(2)12-18-19-9-10-22(18)14-7-8-14/h3-6,9-10,14,20H,7-8,11-12H2,1-2H3. The van der Waals surface area contributed by atoms with Crippen LogP contribution in [0, 0.1) is 6.92 Å². The zero-order chi connectivity index (χ0) is 15.1. The zero-order valence-electron chi connectivity index (χ0n) is 13.2. The van der Waals surface area contributed by atoms with Crippen LogP contribution < -0.4 is 0 Å². The van der Waals surface area contributed by atoms with Gasteiger partial charge in [-0.3, -0.25) is 4.90 Å². The monoisotopic (exact) mass is 294 g/mol. The van der Waals surface area contributed by atoms with Gasteiger partial charge in [0, 0.05) is 41.6 Å². The van der Waals surface area contributed by atoms with Crippen molar-refractivity contribution in [2.75, 3.05) is 7.05 Å². The maximum atomic E-state index is 4.54. The minimum absolute atomic E-state index is 0.695. The summed E-state index contributed by atoms with van der Waals surface area (Å²) in [6.45, 7) is 4.00. The lowest BCUT2D eigenvalue weighted by Gasteiger charge is -2.17. The highest BCUT2D eigenvalue weighted by Gasteiger charge is 2.25. The zero-order valence-corrected chi connectivity index (χ0v) is 13.2. The molecule has 22 heavy (non-hydrogen) atoms. The van der Waals surface area contributed by atoms with E-state index in [1.165, 1.54) is 40.8 Å². The van der Waals surface area contributed by atoms with E-state index in [-0.39, 0.29) is 0 Å². The van der Waals surface area contributed by atoms with Gasteiger partial charge in [0.05, 0.1) is 6.54 Å². The third-order valence-electron chi connectivity index (χ3n) is 4.60. The minimum atomic E-state index is 0.695. The van der Waals surface area contributed by atoms with E-state index in [2.05, 4.69) is 63.9 Å². The van der Waals surface area contributed by atoms with Gasteiger partial charge in [-0.1, -0.05) is 18.2 Å². The van der Waals surface area contributed by atoms with Crippen molar-refractivity contribution in [2.45, 2.75) is 38.9 Å². The molecule has 4 nitrogen and oxygen atoms in total. The second-order valence-corrected chi connectivity index (χ2v) is 6.43. The molecule has 0 bridgehead atoms. The van der Waals surface area contributed by atoms with Gasteiger partial charge in [-0.15, -0.1) is 0 Å². The van der Waals surface area contributed by atoms with Gasteiger partial charge < -0.3 is 9.55 Å². The van der Waals surface area contributed by atoms with Crippen LogP contribution in [-0.4, -0.2) is 26.5 Å². The molecule has 2 heterocycles. The fourth-order valence-corrected chi connectivity index (χ4v) is 3.21. The van der Waals surface area contributed by atoms with Crippen molar-refractivity contribution in [3.8, 4) is 0 Å². The molecule has 1 fully saturated rings. The molecule has 3 aromatic rings. The summed E-state index contributed by atoms with van der Waals surface area (Å²) in [6, 6.07) is 9.21. The Morgan fingerprint density at radius 2 is 2.09 bits per heavy atom. The average molecular weight is 294 g/mol. The Labute approximate surface area is 130 Å². The van der Waals surface area contributed by atoms with Crippen LogP contribution in [0.1, 0.15) is 36.0 Å². The van der Waals surface area contributed by atoms with Crippen molar-refractivity contribution < 1.29 is 0 Å². The molecule has 2 aromatic heterocycles. The highest BCUT2D eigenvalue weighted by Crippen LogP contribution is 2.35. The van der Waals surface area contributed by atoms with Gasteiger partial charge in [-0.05, 0) is 38.4 Å². The van der Waals surface area contributed by atoms with Crippen LogP contribution in [0.2, 0.25) is 0 Å². The summed E-state index contributed by atoms with van der Waals surface area (Å²) >= 11 is 0. The Hall–Kier alpha value is -2.07. The van der Waals surface area contributed by atoms with Crippen LogP contribution in [-0.2, 0) is 13.1 Å². The molecular weight excluding hydrogens is 272 g/mol. The fourth-order valence-electron chi connectivity index (χ4n) is 3.21. The van der Waals surface area contributed by atoms with Crippen LogP contribution in [0.5, 0.6) is 0 Å². The second-order valence-electron chi connectivity index (χ2n) is 6.43. The first kappa shape index (κ1) is 13.6. The van der Waals surface area contributed by atoms with Crippen LogP contribution in [0.3, 0.4) is 0 Å². The van der Waals surface area contributed by atoms with E-state index < -0.39 is 0 Å². The summed E-state index contributed by atoms with van der Waals surface area (Å²) in [7, 11) is 2.16. The summed E-state index contributed by atoms with van der Waals surface area (Å²) in [5.41, 5.74) is 3.88. The summed E-state index contributed by atoms with van der Waals surface area (Å²) in [4.78, 5) is 10.4. The lowest BCUT2D eigenvalue weighted by molar-refractivity contribution is 0.301. The first-order valence-corrected chi connectivity index (χ1v) is 7.99. The van der Waals surface area contributed by atoms with E-state index in [0.717, 1.165) is 13.1 Å². The number of nitrogens with one attached hydrogen (secondary N) is 1. The molecular formula is C18H22N4.